The van der Waals surface area contributed by atoms with Gasteiger partial charge in [-0.1, -0.05) is 34.8 Å². The van der Waals surface area contributed by atoms with Crippen LogP contribution >= 0.6 is 63.0 Å². The summed E-state index contributed by atoms with van der Waals surface area (Å²) in [5.41, 5.74) is 3.49. The number of halogens is 4. The standard InChI is InChI=1S/C14H8BrCl3N2S/c1-6-2-7(15)12(4-8(6)16)20-13-5-10(18)9(17)3-11(13)19-14(20)21/h2-5H,1H3,(H,19,21). The van der Waals surface area contributed by atoms with Crippen molar-refractivity contribution in [3.05, 3.63) is 54.1 Å². The van der Waals surface area contributed by atoms with Gasteiger partial charge in [0.2, 0.25) is 0 Å². The Morgan fingerprint density at radius 3 is 2.43 bits per heavy atom. The van der Waals surface area contributed by atoms with Crippen LogP contribution in [0.2, 0.25) is 15.1 Å². The van der Waals surface area contributed by atoms with Crippen LogP contribution in [-0.4, -0.2) is 9.55 Å². The third-order valence-corrected chi connectivity index (χ3v) is 5.24. The van der Waals surface area contributed by atoms with Crippen molar-refractivity contribution < 1.29 is 0 Å². The van der Waals surface area contributed by atoms with E-state index in [1.807, 2.05) is 23.6 Å². The van der Waals surface area contributed by atoms with Crippen LogP contribution in [0.25, 0.3) is 16.7 Å². The molecule has 0 aliphatic heterocycles. The molecule has 21 heavy (non-hydrogen) atoms. The number of nitrogens with one attached hydrogen (secondary N) is 1. The van der Waals surface area contributed by atoms with E-state index >= 15 is 0 Å². The van der Waals surface area contributed by atoms with E-state index in [9.17, 15) is 0 Å². The molecule has 2 nitrogen and oxygen atoms in total. The fourth-order valence-electron chi connectivity index (χ4n) is 2.15. The molecular weight excluding hydrogens is 414 g/mol. The molecule has 0 radical (unpaired) electrons. The lowest BCUT2D eigenvalue weighted by atomic mass is 10.2. The summed E-state index contributed by atoms with van der Waals surface area (Å²) >= 11 is 27.4. The SMILES string of the molecule is Cc1cc(Br)c(-n2c(=S)[nH]c3cc(Cl)c(Cl)cc32)cc1Cl. The van der Waals surface area contributed by atoms with Gasteiger partial charge in [-0.15, -0.1) is 0 Å². The van der Waals surface area contributed by atoms with E-state index in [2.05, 4.69) is 20.9 Å². The second-order valence-electron chi connectivity index (χ2n) is 4.60. The Morgan fingerprint density at radius 2 is 1.71 bits per heavy atom. The molecule has 1 N–H and O–H groups in total. The second kappa shape index (κ2) is 5.60. The van der Waals surface area contributed by atoms with E-state index in [1.54, 1.807) is 12.1 Å². The number of rotatable bonds is 1. The first-order valence-corrected chi connectivity index (χ1v) is 8.28. The van der Waals surface area contributed by atoms with Crippen molar-refractivity contribution in [3.8, 4) is 5.69 Å². The highest BCUT2D eigenvalue weighted by Gasteiger charge is 2.13. The lowest BCUT2D eigenvalue weighted by molar-refractivity contribution is 1.05. The minimum absolute atomic E-state index is 0.473. The van der Waals surface area contributed by atoms with Crippen LogP contribution in [0.1, 0.15) is 5.56 Å². The monoisotopic (exact) mass is 420 g/mol. The summed E-state index contributed by atoms with van der Waals surface area (Å²) < 4.78 is 3.32. The van der Waals surface area contributed by atoms with E-state index in [0.29, 0.717) is 19.8 Å². The Balaban J connectivity index is 2.40. The quantitative estimate of drug-likeness (QED) is 0.432. The normalized spacial score (nSPS) is 11.3. The van der Waals surface area contributed by atoms with Crippen LogP contribution in [0.4, 0.5) is 0 Å². The molecule has 1 aromatic heterocycles. The summed E-state index contributed by atoms with van der Waals surface area (Å²) in [6.07, 6.45) is 0. The van der Waals surface area contributed by atoms with E-state index in [4.69, 9.17) is 47.0 Å². The molecule has 2 aromatic carbocycles. The minimum Gasteiger partial charge on any atom is -0.330 e. The Morgan fingerprint density at radius 1 is 1.05 bits per heavy atom. The third kappa shape index (κ3) is 2.64. The smallest absolute Gasteiger partial charge is 0.182 e. The van der Waals surface area contributed by atoms with E-state index in [0.717, 1.165) is 26.8 Å². The molecule has 0 aliphatic rings. The second-order valence-corrected chi connectivity index (χ2v) is 7.06. The molecule has 0 saturated carbocycles. The molecular formula is C14H8BrCl3N2S. The largest absolute Gasteiger partial charge is 0.330 e. The van der Waals surface area contributed by atoms with Crippen LogP contribution in [-0.2, 0) is 0 Å². The molecule has 0 saturated heterocycles. The van der Waals surface area contributed by atoms with Gasteiger partial charge in [-0.25, -0.2) is 0 Å². The molecule has 0 bridgehead atoms. The zero-order valence-electron chi connectivity index (χ0n) is 10.7. The molecule has 0 amide bonds. The van der Waals surface area contributed by atoms with Gasteiger partial charge in [-0.05, 0) is 64.9 Å². The third-order valence-electron chi connectivity index (χ3n) is 3.19. The first-order valence-electron chi connectivity index (χ1n) is 5.94. The summed E-state index contributed by atoms with van der Waals surface area (Å²) in [7, 11) is 0. The molecule has 3 aromatic rings. The zero-order chi connectivity index (χ0) is 15.3. The zero-order valence-corrected chi connectivity index (χ0v) is 15.3. The van der Waals surface area contributed by atoms with Crippen LogP contribution in [0.3, 0.4) is 0 Å². The fraction of sp³-hybridized carbons (Fsp3) is 0.0714. The van der Waals surface area contributed by atoms with Gasteiger partial charge in [-0.2, -0.15) is 0 Å². The van der Waals surface area contributed by atoms with Crippen molar-refractivity contribution in [2.45, 2.75) is 6.92 Å². The maximum Gasteiger partial charge on any atom is 0.182 e. The van der Waals surface area contributed by atoms with Gasteiger partial charge in [0, 0.05) is 9.50 Å². The molecule has 0 atom stereocenters. The number of benzene rings is 2. The predicted octanol–water partition coefficient (Wildman–Crippen LogP) is 6.72. The van der Waals surface area contributed by atoms with Crippen molar-refractivity contribution in [1.82, 2.24) is 9.55 Å². The number of fused-ring (bicyclic) bond motifs is 1. The average Bonchev–Trinajstić information content (AvgIpc) is 2.70. The topological polar surface area (TPSA) is 20.7 Å². The van der Waals surface area contributed by atoms with Gasteiger partial charge in [0.25, 0.3) is 0 Å². The van der Waals surface area contributed by atoms with Crippen molar-refractivity contribution in [2.24, 2.45) is 0 Å². The van der Waals surface area contributed by atoms with Gasteiger partial charge < -0.3 is 4.98 Å². The summed E-state index contributed by atoms with van der Waals surface area (Å²) in [4.78, 5) is 3.13. The summed E-state index contributed by atoms with van der Waals surface area (Å²) in [5, 5.41) is 1.62. The van der Waals surface area contributed by atoms with Gasteiger partial charge >= 0.3 is 0 Å². The summed E-state index contributed by atoms with van der Waals surface area (Å²) in [5.74, 6) is 0. The Hall–Kier alpha value is -0.520. The van der Waals surface area contributed by atoms with Gasteiger partial charge in [0.15, 0.2) is 4.77 Å². The summed E-state index contributed by atoms with van der Waals surface area (Å²) in [6, 6.07) is 7.36. The predicted molar refractivity (Wildman–Crippen MR) is 95.9 cm³/mol. The number of hydrogen-bond donors (Lipinski definition) is 1. The fourth-order valence-corrected chi connectivity index (χ4v) is 3.57. The molecule has 0 spiro atoms. The highest BCUT2D eigenvalue weighted by atomic mass is 79.9. The first kappa shape index (κ1) is 15.4. The van der Waals surface area contributed by atoms with E-state index in [1.165, 1.54) is 0 Å². The number of aromatic amines is 1. The first-order chi connectivity index (χ1) is 9.88. The lowest BCUT2D eigenvalue weighted by Gasteiger charge is -2.10. The molecule has 0 unspecified atom stereocenters. The highest BCUT2D eigenvalue weighted by Crippen LogP contribution is 2.33. The molecule has 0 fully saturated rings. The van der Waals surface area contributed by atoms with Crippen LogP contribution in [0, 0.1) is 11.7 Å². The van der Waals surface area contributed by atoms with Crippen molar-refractivity contribution in [1.29, 1.82) is 0 Å². The van der Waals surface area contributed by atoms with Crippen molar-refractivity contribution in [3.63, 3.8) is 0 Å². The molecule has 0 aliphatic carbocycles. The number of imidazole rings is 1. The Labute approximate surface area is 149 Å². The number of aromatic nitrogens is 2. The van der Waals surface area contributed by atoms with E-state index in [-0.39, 0.29) is 0 Å². The molecule has 3 rings (SSSR count). The van der Waals surface area contributed by atoms with E-state index < -0.39 is 0 Å². The van der Waals surface area contributed by atoms with Gasteiger partial charge in [0.1, 0.15) is 0 Å². The number of aryl methyl sites for hydroxylation is 1. The Kier molecular flexibility index (Phi) is 4.10. The van der Waals surface area contributed by atoms with Crippen molar-refractivity contribution >= 4 is 74.0 Å². The molecule has 7 heteroatoms. The maximum atomic E-state index is 6.24. The van der Waals surface area contributed by atoms with Crippen LogP contribution in [0.5, 0.6) is 0 Å². The number of H-pyrrole nitrogens is 1. The average molecular weight is 423 g/mol. The van der Waals surface area contributed by atoms with Gasteiger partial charge in [0.05, 0.1) is 26.8 Å². The van der Waals surface area contributed by atoms with Gasteiger partial charge in [-0.3, -0.25) is 4.57 Å². The van der Waals surface area contributed by atoms with Crippen LogP contribution < -0.4 is 0 Å². The van der Waals surface area contributed by atoms with Crippen LogP contribution in [0.15, 0.2) is 28.7 Å². The molecule has 1 heterocycles. The molecule has 108 valence electrons. The Bertz CT molecular complexity index is 930. The lowest BCUT2D eigenvalue weighted by Crippen LogP contribution is -1.96. The number of nitrogens with zero attached hydrogens (tertiary/aromatic N) is 1. The maximum absolute atomic E-state index is 6.24. The van der Waals surface area contributed by atoms with Crippen molar-refractivity contribution in [2.75, 3.05) is 0 Å². The minimum atomic E-state index is 0.473. The number of hydrogen-bond acceptors (Lipinski definition) is 1. The summed E-state index contributed by atoms with van der Waals surface area (Å²) in [6.45, 7) is 1.95. The highest BCUT2D eigenvalue weighted by molar-refractivity contribution is 9.10.